The van der Waals surface area contributed by atoms with Gasteiger partial charge in [0.15, 0.2) is 0 Å². The van der Waals surface area contributed by atoms with E-state index in [1.165, 1.54) is 10.4 Å². The molecular formula is C16H26. The zero-order chi connectivity index (χ0) is 12.6. The van der Waals surface area contributed by atoms with E-state index in [0.717, 1.165) is 0 Å². The van der Waals surface area contributed by atoms with Gasteiger partial charge in [0.05, 0.1) is 0 Å². The predicted octanol–water partition coefficient (Wildman–Crippen LogP) is 3.59. The third-order valence-corrected chi connectivity index (χ3v) is 2.71. The van der Waals surface area contributed by atoms with Gasteiger partial charge < -0.3 is 0 Å². The molecule has 0 nitrogen and oxygen atoms in total. The van der Waals surface area contributed by atoms with Crippen LogP contribution < -0.4 is 10.4 Å². The highest BCUT2D eigenvalue weighted by atomic mass is 14.1. The lowest BCUT2D eigenvalue weighted by molar-refractivity contribution is 0.608. The minimum absolute atomic E-state index is 0.680. The van der Waals surface area contributed by atoms with Crippen molar-refractivity contribution < 1.29 is 0 Å². The number of rotatable bonds is 0. The molecule has 1 aromatic carbocycles. The summed E-state index contributed by atoms with van der Waals surface area (Å²) in [6, 6.07) is 8.58. The van der Waals surface area contributed by atoms with Crippen LogP contribution in [0, 0.1) is 11.8 Å². The molecule has 2 unspecified atom stereocenters. The van der Waals surface area contributed by atoms with Crippen molar-refractivity contribution in [3.63, 3.8) is 0 Å². The second kappa shape index (κ2) is 8.15. The van der Waals surface area contributed by atoms with Gasteiger partial charge in [-0.05, 0) is 22.3 Å². The van der Waals surface area contributed by atoms with Crippen LogP contribution in [0.5, 0.6) is 0 Å². The van der Waals surface area contributed by atoms with Gasteiger partial charge in [0.2, 0.25) is 0 Å². The van der Waals surface area contributed by atoms with Crippen molar-refractivity contribution in [2.24, 2.45) is 11.8 Å². The molecule has 0 heteroatoms. The first-order valence-electron chi connectivity index (χ1n) is 6.56. The zero-order valence-electron chi connectivity index (χ0n) is 11.6. The van der Waals surface area contributed by atoms with Crippen LogP contribution in [0.4, 0.5) is 0 Å². The molecule has 16 heavy (non-hydrogen) atoms. The summed E-state index contributed by atoms with van der Waals surface area (Å²) in [6.45, 7) is 12.5. The molecule has 2 atom stereocenters. The van der Waals surface area contributed by atoms with Gasteiger partial charge in [-0.2, -0.15) is 0 Å². The molecule has 0 radical (unpaired) electrons. The van der Waals surface area contributed by atoms with Crippen LogP contribution in [-0.2, 0) is 0 Å². The van der Waals surface area contributed by atoms with Crippen molar-refractivity contribution in [3.05, 3.63) is 34.7 Å². The lowest BCUT2D eigenvalue weighted by Crippen LogP contribution is -2.30. The highest BCUT2D eigenvalue weighted by Gasteiger charge is 2.09. The molecule has 1 aliphatic rings. The van der Waals surface area contributed by atoms with Gasteiger partial charge in [0, 0.05) is 0 Å². The summed E-state index contributed by atoms with van der Waals surface area (Å²) in [4.78, 5) is 0. The van der Waals surface area contributed by atoms with Gasteiger partial charge in [0.25, 0.3) is 0 Å². The molecule has 90 valence electrons. The Bertz CT molecular complexity index is 348. The second-order valence-corrected chi connectivity index (χ2v) is 3.68. The first-order valence-corrected chi connectivity index (χ1v) is 6.56. The van der Waals surface area contributed by atoms with Gasteiger partial charge in [-0.25, -0.2) is 0 Å². The molecule has 1 aromatic rings. The second-order valence-electron chi connectivity index (χ2n) is 3.68. The summed E-state index contributed by atoms with van der Waals surface area (Å²) in [5.74, 6) is 1.36. The number of hydrogen-bond acceptors (Lipinski definition) is 0. The molecule has 1 aliphatic carbocycles. The Balaban J connectivity index is 0.000000509. The van der Waals surface area contributed by atoms with Crippen molar-refractivity contribution in [1.29, 1.82) is 0 Å². The molecule has 0 aliphatic heterocycles. The minimum Gasteiger partial charge on any atom is -0.0733 e. The van der Waals surface area contributed by atoms with Crippen LogP contribution >= 0.6 is 0 Å². The first-order chi connectivity index (χ1) is 7.77. The third-order valence-electron chi connectivity index (χ3n) is 2.71. The number of fused-ring (bicyclic) bond motifs is 1. The van der Waals surface area contributed by atoms with Crippen molar-refractivity contribution in [2.75, 3.05) is 0 Å². The van der Waals surface area contributed by atoms with E-state index in [-0.39, 0.29) is 0 Å². The fourth-order valence-corrected chi connectivity index (χ4v) is 1.68. The summed E-state index contributed by atoms with van der Waals surface area (Å²) in [5.41, 5.74) is 0. The SMILES string of the molecule is CC.CC.CC1C=c2ccccc2=CC1C. The van der Waals surface area contributed by atoms with Gasteiger partial charge in [-0.3, -0.25) is 0 Å². The lowest BCUT2D eigenvalue weighted by atomic mass is 9.90. The van der Waals surface area contributed by atoms with E-state index >= 15 is 0 Å². The Morgan fingerprint density at radius 1 is 0.688 bits per heavy atom. The topological polar surface area (TPSA) is 0 Å². The maximum Gasteiger partial charge on any atom is -0.0192 e. The molecule has 0 saturated heterocycles. The van der Waals surface area contributed by atoms with E-state index in [1.54, 1.807) is 0 Å². The Kier molecular flexibility index (Phi) is 7.62. The van der Waals surface area contributed by atoms with Crippen molar-refractivity contribution in [3.8, 4) is 0 Å². The standard InChI is InChI=1S/C12H14.2C2H6/c1-9-7-11-5-3-4-6-12(11)8-10(9)2;2*1-2/h3-10H,1-2H3;2*1-2H3. The average Bonchev–Trinajstić information content (AvgIpc) is 2.36. The molecular weight excluding hydrogens is 192 g/mol. The molecule has 0 spiro atoms. The minimum atomic E-state index is 0.680. The summed E-state index contributed by atoms with van der Waals surface area (Å²) >= 11 is 0. The Hall–Kier alpha value is -1.04. The van der Waals surface area contributed by atoms with E-state index in [4.69, 9.17) is 0 Å². The van der Waals surface area contributed by atoms with E-state index < -0.39 is 0 Å². The van der Waals surface area contributed by atoms with Crippen molar-refractivity contribution in [1.82, 2.24) is 0 Å². The molecule has 0 amide bonds. The van der Waals surface area contributed by atoms with Crippen LogP contribution in [0.2, 0.25) is 0 Å². The summed E-state index contributed by atoms with van der Waals surface area (Å²) in [6.07, 6.45) is 4.72. The van der Waals surface area contributed by atoms with Crippen molar-refractivity contribution in [2.45, 2.75) is 41.5 Å². The van der Waals surface area contributed by atoms with Crippen molar-refractivity contribution >= 4 is 12.2 Å². The molecule has 0 heterocycles. The Morgan fingerprint density at radius 2 is 1.00 bits per heavy atom. The lowest BCUT2D eigenvalue weighted by Gasteiger charge is -2.15. The smallest absolute Gasteiger partial charge is 0.0192 e. The number of hydrogen-bond donors (Lipinski definition) is 0. The molecule has 0 fully saturated rings. The normalized spacial score (nSPS) is 20.9. The zero-order valence-corrected chi connectivity index (χ0v) is 11.6. The van der Waals surface area contributed by atoms with Gasteiger partial charge >= 0.3 is 0 Å². The number of benzene rings is 1. The Morgan fingerprint density at radius 3 is 1.31 bits per heavy atom. The quantitative estimate of drug-likeness (QED) is 0.624. The van der Waals surface area contributed by atoms with Crippen LogP contribution in [0.25, 0.3) is 12.2 Å². The maximum atomic E-state index is 2.36. The highest BCUT2D eigenvalue weighted by molar-refractivity contribution is 5.41. The first kappa shape index (κ1) is 15.0. The predicted molar refractivity (Wildman–Crippen MR) is 75.6 cm³/mol. The fraction of sp³-hybridized carbons (Fsp3) is 0.500. The van der Waals surface area contributed by atoms with Crippen LogP contribution in [0.3, 0.4) is 0 Å². The molecule has 0 saturated carbocycles. The molecule has 2 rings (SSSR count). The summed E-state index contributed by atoms with van der Waals surface area (Å²) in [7, 11) is 0. The van der Waals surface area contributed by atoms with E-state index in [1.807, 2.05) is 27.7 Å². The van der Waals surface area contributed by atoms with Crippen LogP contribution in [-0.4, -0.2) is 0 Å². The van der Waals surface area contributed by atoms with Gasteiger partial charge in [0.1, 0.15) is 0 Å². The largest absolute Gasteiger partial charge is 0.0733 e. The van der Waals surface area contributed by atoms with Gasteiger partial charge in [-0.1, -0.05) is 78.0 Å². The van der Waals surface area contributed by atoms with Crippen LogP contribution in [0.15, 0.2) is 24.3 Å². The van der Waals surface area contributed by atoms with E-state index in [2.05, 4.69) is 50.3 Å². The average molecular weight is 218 g/mol. The molecule has 0 N–H and O–H groups in total. The van der Waals surface area contributed by atoms with E-state index in [0.29, 0.717) is 11.8 Å². The highest BCUT2D eigenvalue weighted by Crippen LogP contribution is 2.14. The van der Waals surface area contributed by atoms with E-state index in [9.17, 15) is 0 Å². The Labute approximate surface area is 101 Å². The summed E-state index contributed by atoms with van der Waals surface area (Å²) < 4.78 is 0. The monoisotopic (exact) mass is 218 g/mol. The van der Waals surface area contributed by atoms with Gasteiger partial charge in [-0.15, -0.1) is 0 Å². The molecule has 0 bridgehead atoms. The third kappa shape index (κ3) is 3.84. The maximum absolute atomic E-state index is 2.36. The van der Waals surface area contributed by atoms with Crippen LogP contribution in [0.1, 0.15) is 41.5 Å². The fourth-order valence-electron chi connectivity index (χ4n) is 1.68. The summed E-state index contributed by atoms with van der Waals surface area (Å²) in [5, 5.41) is 2.78. The molecule has 0 aromatic heterocycles.